The van der Waals surface area contributed by atoms with Crippen LogP contribution < -0.4 is 15.0 Å². The highest BCUT2D eigenvalue weighted by molar-refractivity contribution is 6.31. The maximum atomic E-state index is 12.8. The highest BCUT2D eigenvalue weighted by Crippen LogP contribution is 2.25. The van der Waals surface area contributed by atoms with Crippen molar-refractivity contribution in [3.8, 4) is 5.75 Å². The molecule has 1 aliphatic rings. The molecule has 0 atom stereocenters. The number of nitrogens with one attached hydrogen (secondary N) is 1. The van der Waals surface area contributed by atoms with Crippen molar-refractivity contribution in [2.45, 2.75) is 45.8 Å². The molecule has 1 fully saturated rings. The van der Waals surface area contributed by atoms with Crippen molar-refractivity contribution >= 4 is 23.3 Å². The number of aromatic nitrogens is 1. The number of rotatable bonds is 6. The Morgan fingerprint density at radius 2 is 2.04 bits per heavy atom. The Labute approximate surface area is 165 Å². The van der Waals surface area contributed by atoms with Crippen LogP contribution in [0.3, 0.4) is 0 Å². The van der Waals surface area contributed by atoms with Gasteiger partial charge in [-0.3, -0.25) is 4.79 Å². The van der Waals surface area contributed by atoms with Gasteiger partial charge in [0.15, 0.2) is 0 Å². The predicted molar refractivity (Wildman–Crippen MR) is 109 cm³/mol. The van der Waals surface area contributed by atoms with Gasteiger partial charge in [0, 0.05) is 36.4 Å². The summed E-state index contributed by atoms with van der Waals surface area (Å²) in [6.07, 6.45) is 5.41. The van der Waals surface area contributed by atoms with Crippen LogP contribution in [0.2, 0.25) is 5.02 Å². The van der Waals surface area contributed by atoms with Crippen molar-refractivity contribution in [3.05, 3.63) is 52.7 Å². The highest BCUT2D eigenvalue weighted by atomic mass is 35.5. The summed E-state index contributed by atoms with van der Waals surface area (Å²) in [4.78, 5) is 19.6. The van der Waals surface area contributed by atoms with E-state index >= 15 is 0 Å². The third-order valence-electron chi connectivity index (χ3n) is 4.51. The molecule has 0 bridgehead atoms. The first-order valence-corrected chi connectivity index (χ1v) is 9.85. The number of carbonyl (C=O) groups is 1. The molecule has 1 saturated heterocycles. The molecule has 6 heteroatoms. The van der Waals surface area contributed by atoms with Gasteiger partial charge in [0.05, 0.1) is 11.7 Å². The van der Waals surface area contributed by atoms with Gasteiger partial charge >= 0.3 is 0 Å². The molecule has 0 unspecified atom stereocenters. The van der Waals surface area contributed by atoms with Crippen LogP contribution in [-0.2, 0) is 6.54 Å². The number of hydrogen-bond acceptors (Lipinski definition) is 4. The Hall–Kier alpha value is -2.27. The highest BCUT2D eigenvalue weighted by Gasteiger charge is 2.18. The summed E-state index contributed by atoms with van der Waals surface area (Å²) in [5.41, 5.74) is 1.46. The lowest BCUT2D eigenvalue weighted by Crippen LogP contribution is -2.32. The van der Waals surface area contributed by atoms with Gasteiger partial charge in [0.1, 0.15) is 11.6 Å². The largest absolute Gasteiger partial charge is 0.490 e. The smallest absolute Gasteiger partial charge is 0.255 e. The molecule has 27 heavy (non-hydrogen) atoms. The molecule has 0 saturated carbocycles. The molecular weight excluding hydrogens is 362 g/mol. The number of halogens is 1. The average molecular weight is 388 g/mol. The summed E-state index contributed by atoms with van der Waals surface area (Å²) < 4.78 is 5.75. The van der Waals surface area contributed by atoms with Crippen molar-refractivity contribution in [1.29, 1.82) is 0 Å². The van der Waals surface area contributed by atoms with Crippen molar-refractivity contribution in [2.75, 3.05) is 18.0 Å². The summed E-state index contributed by atoms with van der Waals surface area (Å²) in [7, 11) is 0. The number of benzene rings is 1. The van der Waals surface area contributed by atoms with E-state index in [9.17, 15) is 4.79 Å². The van der Waals surface area contributed by atoms with E-state index in [0.717, 1.165) is 24.5 Å². The van der Waals surface area contributed by atoms with Crippen LogP contribution in [0, 0.1) is 0 Å². The second-order valence-electron chi connectivity index (χ2n) is 7.02. The number of piperidine rings is 1. The van der Waals surface area contributed by atoms with Crippen LogP contribution >= 0.6 is 11.6 Å². The van der Waals surface area contributed by atoms with Gasteiger partial charge in [-0.1, -0.05) is 17.7 Å². The maximum Gasteiger partial charge on any atom is 0.255 e. The van der Waals surface area contributed by atoms with Crippen molar-refractivity contribution in [2.24, 2.45) is 0 Å². The van der Waals surface area contributed by atoms with Crippen LogP contribution in [-0.4, -0.2) is 30.1 Å². The molecule has 144 valence electrons. The third kappa shape index (κ3) is 5.13. The number of ether oxygens (including phenoxy) is 1. The number of pyridine rings is 1. The molecule has 0 spiro atoms. The van der Waals surface area contributed by atoms with E-state index in [2.05, 4.69) is 15.2 Å². The molecule has 2 aromatic rings. The second-order valence-corrected chi connectivity index (χ2v) is 7.46. The first-order chi connectivity index (χ1) is 13.0. The lowest BCUT2D eigenvalue weighted by Gasteiger charge is -2.29. The minimum Gasteiger partial charge on any atom is -0.490 e. The molecular formula is C21H26ClN3O2. The van der Waals surface area contributed by atoms with E-state index in [-0.39, 0.29) is 12.0 Å². The maximum absolute atomic E-state index is 12.8. The molecule has 2 heterocycles. The molecule has 1 aliphatic heterocycles. The quantitative estimate of drug-likeness (QED) is 0.795. The fourth-order valence-electron chi connectivity index (χ4n) is 3.27. The molecule has 3 rings (SSSR count). The predicted octanol–water partition coefficient (Wildman–Crippen LogP) is 4.44. The van der Waals surface area contributed by atoms with E-state index < -0.39 is 0 Å². The minimum atomic E-state index is -0.207. The molecule has 1 aromatic heterocycles. The van der Waals surface area contributed by atoms with E-state index in [1.165, 1.54) is 19.3 Å². The number of anilines is 1. The summed E-state index contributed by atoms with van der Waals surface area (Å²) in [5, 5.41) is 3.50. The first kappa shape index (κ1) is 19.5. The Morgan fingerprint density at radius 3 is 2.78 bits per heavy atom. The number of hydrogen-bond donors (Lipinski definition) is 1. The van der Waals surface area contributed by atoms with E-state index in [1.54, 1.807) is 24.4 Å². The Bertz CT molecular complexity index is 789. The van der Waals surface area contributed by atoms with Crippen LogP contribution in [0.25, 0.3) is 0 Å². The van der Waals surface area contributed by atoms with Gasteiger partial charge in [-0.25, -0.2) is 4.98 Å². The summed E-state index contributed by atoms with van der Waals surface area (Å²) in [5.74, 6) is 1.29. The molecule has 1 N–H and O–H groups in total. The first-order valence-electron chi connectivity index (χ1n) is 9.48. The second kappa shape index (κ2) is 9.09. The molecule has 1 aromatic carbocycles. The Kier molecular flexibility index (Phi) is 6.56. The normalized spacial score (nSPS) is 14.3. The number of carbonyl (C=O) groups excluding carboxylic acids is 1. The zero-order valence-corrected chi connectivity index (χ0v) is 16.6. The monoisotopic (exact) mass is 387 g/mol. The zero-order valence-electron chi connectivity index (χ0n) is 15.9. The standard InChI is InChI=1S/C21H26ClN3O2/c1-15(2)27-19-9-8-17(22)13-18(19)21(26)24-14-16-7-6-10-23-20(16)25-11-4-3-5-12-25/h6-10,13,15H,3-5,11-12,14H2,1-2H3,(H,24,26). The van der Waals surface area contributed by atoms with Gasteiger partial charge in [0.25, 0.3) is 5.91 Å². The molecule has 5 nitrogen and oxygen atoms in total. The summed E-state index contributed by atoms with van der Waals surface area (Å²) >= 11 is 6.09. The molecule has 1 amide bonds. The van der Waals surface area contributed by atoms with Crippen molar-refractivity contribution in [1.82, 2.24) is 10.3 Å². The van der Waals surface area contributed by atoms with Crippen molar-refractivity contribution in [3.63, 3.8) is 0 Å². The van der Waals surface area contributed by atoms with Gasteiger partial charge < -0.3 is 15.0 Å². The number of amides is 1. The van der Waals surface area contributed by atoms with E-state index in [1.807, 2.05) is 26.0 Å². The number of nitrogens with zero attached hydrogens (tertiary/aromatic N) is 2. The Morgan fingerprint density at radius 1 is 1.26 bits per heavy atom. The average Bonchev–Trinajstić information content (AvgIpc) is 2.68. The SMILES string of the molecule is CC(C)Oc1ccc(Cl)cc1C(=O)NCc1cccnc1N1CCCCC1. The topological polar surface area (TPSA) is 54.5 Å². The van der Waals surface area contributed by atoms with Crippen molar-refractivity contribution < 1.29 is 9.53 Å². The zero-order chi connectivity index (χ0) is 19.2. The van der Waals surface area contributed by atoms with Gasteiger partial charge in [0.2, 0.25) is 0 Å². The van der Waals surface area contributed by atoms with Crippen LogP contribution in [0.1, 0.15) is 49.0 Å². The fourth-order valence-corrected chi connectivity index (χ4v) is 3.44. The third-order valence-corrected chi connectivity index (χ3v) is 4.75. The van der Waals surface area contributed by atoms with Crippen LogP contribution in [0.5, 0.6) is 5.75 Å². The fraction of sp³-hybridized carbons (Fsp3) is 0.429. The molecule has 0 aliphatic carbocycles. The van der Waals surface area contributed by atoms with Gasteiger partial charge in [-0.05, 0) is 57.4 Å². The van der Waals surface area contributed by atoms with Gasteiger partial charge in [-0.15, -0.1) is 0 Å². The van der Waals surface area contributed by atoms with Crippen LogP contribution in [0.15, 0.2) is 36.5 Å². The van der Waals surface area contributed by atoms with E-state index in [0.29, 0.717) is 22.9 Å². The molecule has 0 radical (unpaired) electrons. The Balaban J connectivity index is 1.74. The van der Waals surface area contributed by atoms with Crippen LogP contribution in [0.4, 0.5) is 5.82 Å². The summed E-state index contributed by atoms with van der Waals surface area (Å²) in [6, 6.07) is 9.03. The lowest BCUT2D eigenvalue weighted by atomic mass is 10.1. The summed E-state index contributed by atoms with van der Waals surface area (Å²) in [6.45, 7) is 6.29. The minimum absolute atomic E-state index is 0.0262. The lowest BCUT2D eigenvalue weighted by molar-refractivity contribution is 0.0945. The van der Waals surface area contributed by atoms with E-state index in [4.69, 9.17) is 16.3 Å². The van der Waals surface area contributed by atoms with Gasteiger partial charge in [-0.2, -0.15) is 0 Å².